The zero-order chi connectivity index (χ0) is 13.1. The summed E-state index contributed by atoms with van der Waals surface area (Å²) in [6.07, 6.45) is 3.58. The molecule has 2 heterocycles. The number of ether oxygens (including phenoxy) is 1. The highest BCUT2D eigenvalue weighted by molar-refractivity contribution is 7.14. The fraction of sp³-hybridized carbons (Fsp3) is 0.333. The standard InChI is InChI=1S/C12H15N3O2S/c1-8-10(13)7-11(18-8)12(16)17-6-5-15-4-3-14-9(15)2/h3-4,7H,5-6,13H2,1-2H3. The summed E-state index contributed by atoms with van der Waals surface area (Å²) in [4.78, 5) is 17.3. The molecule has 2 rings (SSSR count). The lowest BCUT2D eigenvalue weighted by Gasteiger charge is -2.05. The predicted molar refractivity (Wildman–Crippen MR) is 70.7 cm³/mol. The van der Waals surface area contributed by atoms with Crippen LogP contribution in [0.5, 0.6) is 0 Å². The SMILES string of the molecule is Cc1sc(C(=O)OCCn2ccnc2C)cc1N. The number of carbonyl (C=O) groups excluding carboxylic acids is 1. The second-order valence-electron chi connectivity index (χ2n) is 3.93. The van der Waals surface area contributed by atoms with Crippen molar-refractivity contribution in [3.63, 3.8) is 0 Å². The van der Waals surface area contributed by atoms with Crippen molar-refractivity contribution in [1.29, 1.82) is 0 Å². The van der Waals surface area contributed by atoms with E-state index in [-0.39, 0.29) is 5.97 Å². The first-order valence-electron chi connectivity index (χ1n) is 5.58. The van der Waals surface area contributed by atoms with Gasteiger partial charge >= 0.3 is 5.97 Å². The van der Waals surface area contributed by atoms with Gasteiger partial charge in [0.25, 0.3) is 0 Å². The van der Waals surface area contributed by atoms with Gasteiger partial charge in [-0.05, 0) is 19.9 Å². The van der Waals surface area contributed by atoms with Crippen LogP contribution in [0.25, 0.3) is 0 Å². The molecule has 0 amide bonds. The number of imidazole rings is 1. The average Bonchev–Trinajstić information content (AvgIpc) is 2.87. The molecule has 2 aromatic heterocycles. The Labute approximate surface area is 109 Å². The summed E-state index contributed by atoms with van der Waals surface area (Å²) < 4.78 is 7.12. The van der Waals surface area contributed by atoms with E-state index in [0.29, 0.717) is 23.7 Å². The van der Waals surface area contributed by atoms with Crippen LogP contribution in [0.1, 0.15) is 20.4 Å². The molecular formula is C12H15N3O2S. The minimum atomic E-state index is -0.322. The molecule has 0 aromatic carbocycles. The van der Waals surface area contributed by atoms with Crippen LogP contribution < -0.4 is 5.73 Å². The van der Waals surface area contributed by atoms with Crippen LogP contribution >= 0.6 is 11.3 Å². The number of aryl methyl sites for hydroxylation is 2. The summed E-state index contributed by atoms with van der Waals surface area (Å²) in [5.74, 6) is 0.583. The molecule has 18 heavy (non-hydrogen) atoms. The molecule has 0 atom stereocenters. The Morgan fingerprint density at radius 3 is 2.89 bits per heavy atom. The Kier molecular flexibility index (Phi) is 3.66. The minimum Gasteiger partial charge on any atom is -0.460 e. The number of nitrogen functional groups attached to an aromatic ring is 1. The second-order valence-corrected chi connectivity index (χ2v) is 5.18. The van der Waals surface area contributed by atoms with Gasteiger partial charge in [-0.2, -0.15) is 0 Å². The van der Waals surface area contributed by atoms with Crippen LogP contribution in [0.3, 0.4) is 0 Å². The molecule has 2 aromatic rings. The molecule has 0 bridgehead atoms. The van der Waals surface area contributed by atoms with E-state index >= 15 is 0 Å². The van der Waals surface area contributed by atoms with E-state index in [1.54, 1.807) is 12.3 Å². The molecule has 5 nitrogen and oxygen atoms in total. The molecule has 0 unspecified atom stereocenters. The van der Waals surface area contributed by atoms with Crippen LogP contribution in [-0.2, 0) is 11.3 Å². The van der Waals surface area contributed by atoms with Crippen LogP contribution in [0, 0.1) is 13.8 Å². The highest BCUT2D eigenvalue weighted by Crippen LogP contribution is 2.23. The second kappa shape index (κ2) is 5.22. The lowest BCUT2D eigenvalue weighted by molar-refractivity contribution is 0.0496. The van der Waals surface area contributed by atoms with Crippen molar-refractivity contribution in [2.45, 2.75) is 20.4 Å². The largest absolute Gasteiger partial charge is 0.460 e. The molecule has 0 aliphatic rings. The average molecular weight is 265 g/mol. The molecule has 0 saturated carbocycles. The topological polar surface area (TPSA) is 70.1 Å². The quantitative estimate of drug-likeness (QED) is 0.858. The van der Waals surface area contributed by atoms with Gasteiger partial charge in [-0.3, -0.25) is 0 Å². The fourth-order valence-corrected chi connectivity index (χ4v) is 2.38. The van der Waals surface area contributed by atoms with Gasteiger partial charge in [-0.15, -0.1) is 11.3 Å². The highest BCUT2D eigenvalue weighted by Gasteiger charge is 2.12. The van der Waals surface area contributed by atoms with E-state index in [2.05, 4.69) is 4.98 Å². The van der Waals surface area contributed by atoms with Crippen LogP contribution in [0.4, 0.5) is 5.69 Å². The molecule has 0 radical (unpaired) electrons. The van der Waals surface area contributed by atoms with Gasteiger partial charge in [-0.25, -0.2) is 9.78 Å². The molecular weight excluding hydrogens is 250 g/mol. The number of nitrogens with two attached hydrogens (primary N) is 1. The third-order valence-corrected chi connectivity index (χ3v) is 3.69. The number of nitrogens with zero attached hydrogens (tertiary/aromatic N) is 2. The normalized spacial score (nSPS) is 10.6. The van der Waals surface area contributed by atoms with Gasteiger partial charge in [0.15, 0.2) is 0 Å². The summed E-state index contributed by atoms with van der Waals surface area (Å²) in [5.41, 5.74) is 6.33. The van der Waals surface area contributed by atoms with Crippen LogP contribution in [0.2, 0.25) is 0 Å². The third-order valence-electron chi connectivity index (χ3n) is 2.65. The van der Waals surface area contributed by atoms with Gasteiger partial charge in [-0.1, -0.05) is 0 Å². The Bertz CT molecular complexity index is 540. The highest BCUT2D eigenvalue weighted by atomic mass is 32.1. The van der Waals surface area contributed by atoms with Crippen molar-refractivity contribution in [2.24, 2.45) is 0 Å². The van der Waals surface area contributed by atoms with E-state index < -0.39 is 0 Å². The number of anilines is 1. The molecule has 96 valence electrons. The summed E-state index contributed by atoms with van der Waals surface area (Å²) in [7, 11) is 0. The zero-order valence-electron chi connectivity index (χ0n) is 10.3. The van der Waals surface area contributed by atoms with Gasteiger partial charge in [0, 0.05) is 23.0 Å². The zero-order valence-corrected chi connectivity index (χ0v) is 11.2. The Hall–Kier alpha value is -1.82. The van der Waals surface area contributed by atoms with Crippen molar-refractivity contribution in [3.05, 3.63) is 34.0 Å². The van der Waals surface area contributed by atoms with Crippen LogP contribution in [0.15, 0.2) is 18.5 Å². The summed E-state index contributed by atoms with van der Waals surface area (Å²) >= 11 is 1.35. The molecule has 6 heteroatoms. The Balaban J connectivity index is 1.87. The van der Waals surface area contributed by atoms with Crippen molar-refractivity contribution in [1.82, 2.24) is 9.55 Å². The maximum atomic E-state index is 11.7. The predicted octanol–water partition coefficient (Wildman–Crippen LogP) is 2.00. The molecule has 0 spiro atoms. The molecule has 0 aliphatic carbocycles. The maximum Gasteiger partial charge on any atom is 0.348 e. The number of thiophene rings is 1. The number of esters is 1. The number of hydrogen-bond donors (Lipinski definition) is 1. The van der Waals surface area contributed by atoms with Crippen molar-refractivity contribution in [3.8, 4) is 0 Å². The van der Waals surface area contributed by atoms with Crippen LogP contribution in [-0.4, -0.2) is 22.1 Å². The fourth-order valence-electron chi connectivity index (χ4n) is 1.54. The minimum absolute atomic E-state index is 0.322. The number of rotatable bonds is 4. The molecule has 2 N–H and O–H groups in total. The maximum absolute atomic E-state index is 11.7. The molecule has 0 fully saturated rings. The monoisotopic (exact) mass is 265 g/mol. The van der Waals surface area contributed by atoms with E-state index in [9.17, 15) is 4.79 Å². The van der Waals surface area contributed by atoms with Gasteiger partial charge in [0.2, 0.25) is 0 Å². The van der Waals surface area contributed by atoms with Crippen molar-refractivity contribution in [2.75, 3.05) is 12.3 Å². The van der Waals surface area contributed by atoms with Crippen molar-refractivity contribution < 1.29 is 9.53 Å². The number of carbonyl (C=O) groups is 1. The summed E-state index contributed by atoms with van der Waals surface area (Å²) in [6, 6.07) is 1.66. The molecule has 0 saturated heterocycles. The Morgan fingerprint density at radius 1 is 1.56 bits per heavy atom. The Morgan fingerprint density at radius 2 is 2.33 bits per heavy atom. The first kappa shape index (κ1) is 12.6. The lowest BCUT2D eigenvalue weighted by Crippen LogP contribution is -2.11. The number of aromatic nitrogens is 2. The van der Waals surface area contributed by atoms with E-state index in [1.807, 2.05) is 24.6 Å². The van der Waals surface area contributed by atoms with Gasteiger partial charge < -0.3 is 15.0 Å². The van der Waals surface area contributed by atoms with E-state index in [0.717, 1.165) is 10.7 Å². The van der Waals surface area contributed by atoms with E-state index in [4.69, 9.17) is 10.5 Å². The smallest absolute Gasteiger partial charge is 0.348 e. The first-order chi connectivity index (χ1) is 8.58. The van der Waals surface area contributed by atoms with Gasteiger partial charge in [0.1, 0.15) is 17.3 Å². The van der Waals surface area contributed by atoms with E-state index in [1.165, 1.54) is 11.3 Å². The van der Waals surface area contributed by atoms with Gasteiger partial charge in [0.05, 0.1) is 6.54 Å². The van der Waals surface area contributed by atoms with Crippen molar-refractivity contribution >= 4 is 23.0 Å². The molecule has 0 aliphatic heterocycles. The summed E-state index contributed by atoms with van der Waals surface area (Å²) in [5, 5.41) is 0. The third kappa shape index (κ3) is 2.70. The first-order valence-corrected chi connectivity index (χ1v) is 6.40. The summed E-state index contributed by atoms with van der Waals surface area (Å²) in [6.45, 7) is 4.72. The number of hydrogen-bond acceptors (Lipinski definition) is 5. The lowest BCUT2D eigenvalue weighted by atomic mass is 10.4.